The normalized spacial score (nSPS) is 21.9. The number of carbonyl (C=O) groups is 2. The quantitative estimate of drug-likeness (QED) is 0.745. The first-order valence-corrected chi connectivity index (χ1v) is 7.93. The van der Waals surface area contributed by atoms with Gasteiger partial charge in [-0.05, 0) is 26.7 Å². The molecule has 19 heavy (non-hydrogen) atoms. The molecule has 0 spiro atoms. The second-order valence-electron chi connectivity index (χ2n) is 5.30. The third-order valence-corrected chi connectivity index (χ3v) is 4.44. The van der Waals surface area contributed by atoms with Crippen molar-refractivity contribution < 1.29 is 23.1 Å². The van der Waals surface area contributed by atoms with Gasteiger partial charge in [0, 0.05) is 6.54 Å². The number of carboxylic acids is 1. The number of sulfonamides is 1. The summed E-state index contributed by atoms with van der Waals surface area (Å²) in [6.07, 6.45) is 2.92. The molecule has 1 fully saturated rings. The fourth-order valence-electron chi connectivity index (χ4n) is 2.01. The number of amides is 1. The van der Waals surface area contributed by atoms with Gasteiger partial charge in [-0.2, -0.15) is 4.31 Å². The summed E-state index contributed by atoms with van der Waals surface area (Å²) in [6.45, 7) is 3.02. The van der Waals surface area contributed by atoms with Crippen LogP contribution in [0.3, 0.4) is 0 Å². The maximum atomic E-state index is 12.1. The van der Waals surface area contributed by atoms with E-state index in [4.69, 9.17) is 5.11 Å². The number of carbonyl (C=O) groups excluding carboxylic acids is 1. The molecule has 1 heterocycles. The van der Waals surface area contributed by atoms with Gasteiger partial charge in [-0.25, -0.2) is 13.2 Å². The average Bonchev–Trinajstić information content (AvgIpc) is 2.27. The zero-order valence-corrected chi connectivity index (χ0v) is 12.2. The lowest BCUT2D eigenvalue weighted by Gasteiger charge is -2.34. The van der Waals surface area contributed by atoms with Gasteiger partial charge in [-0.15, -0.1) is 0 Å². The topological polar surface area (TPSA) is 104 Å². The molecule has 0 bridgehead atoms. The maximum Gasteiger partial charge on any atom is 0.328 e. The third kappa shape index (κ3) is 3.90. The van der Waals surface area contributed by atoms with E-state index in [-0.39, 0.29) is 0 Å². The summed E-state index contributed by atoms with van der Waals surface area (Å²) in [4.78, 5) is 23.1. The van der Waals surface area contributed by atoms with Crippen LogP contribution in [0.4, 0.5) is 0 Å². The lowest BCUT2D eigenvalue weighted by atomic mass is 10.0. The minimum absolute atomic E-state index is 0.296. The largest absolute Gasteiger partial charge is 0.480 e. The summed E-state index contributed by atoms with van der Waals surface area (Å²) < 4.78 is 24.4. The van der Waals surface area contributed by atoms with Crippen molar-refractivity contribution in [2.75, 3.05) is 12.8 Å². The standard InChI is InChI=1S/C11H20N2O5S/c1-11(2,10(15)16)12-9(14)8-6-4-5-7-13(8)19(3,17)18/h8H,4-7H2,1-3H3,(H,12,14)(H,15,16). The average molecular weight is 292 g/mol. The number of hydrogen-bond donors (Lipinski definition) is 2. The molecule has 0 radical (unpaired) electrons. The van der Waals surface area contributed by atoms with Crippen molar-refractivity contribution in [3.63, 3.8) is 0 Å². The van der Waals surface area contributed by atoms with Gasteiger partial charge in [0.05, 0.1) is 6.26 Å². The highest BCUT2D eigenvalue weighted by Gasteiger charge is 2.38. The van der Waals surface area contributed by atoms with Gasteiger partial charge in [-0.3, -0.25) is 4.79 Å². The van der Waals surface area contributed by atoms with Gasteiger partial charge in [0.1, 0.15) is 11.6 Å². The molecule has 110 valence electrons. The highest BCUT2D eigenvalue weighted by molar-refractivity contribution is 7.88. The molecule has 1 rings (SSSR count). The highest BCUT2D eigenvalue weighted by Crippen LogP contribution is 2.20. The van der Waals surface area contributed by atoms with Crippen LogP contribution >= 0.6 is 0 Å². The van der Waals surface area contributed by atoms with E-state index in [0.717, 1.165) is 17.0 Å². The van der Waals surface area contributed by atoms with Crippen LogP contribution in [0.5, 0.6) is 0 Å². The molecule has 1 atom stereocenters. The first kappa shape index (κ1) is 15.9. The van der Waals surface area contributed by atoms with Crippen molar-refractivity contribution >= 4 is 21.9 Å². The van der Waals surface area contributed by atoms with Crippen molar-refractivity contribution in [2.24, 2.45) is 0 Å². The van der Waals surface area contributed by atoms with E-state index in [1.807, 2.05) is 0 Å². The van der Waals surface area contributed by atoms with Crippen LogP contribution < -0.4 is 5.32 Å². The minimum atomic E-state index is -3.47. The van der Waals surface area contributed by atoms with Crippen LogP contribution in [0.15, 0.2) is 0 Å². The van der Waals surface area contributed by atoms with E-state index in [9.17, 15) is 18.0 Å². The molecule has 0 aliphatic carbocycles. The number of nitrogens with zero attached hydrogens (tertiary/aromatic N) is 1. The molecule has 1 saturated heterocycles. The van der Waals surface area contributed by atoms with Gasteiger partial charge < -0.3 is 10.4 Å². The molecule has 0 saturated carbocycles. The van der Waals surface area contributed by atoms with Crippen molar-refractivity contribution in [2.45, 2.75) is 44.7 Å². The lowest BCUT2D eigenvalue weighted by Crippen LogP contribution is -2.58. The van der Waals surface area contributed by atoms with E-state index in [2.05, 4.69) is 5.32 Å². The summed E-state index contributed by atoms with van der Waals surface area (Å²) in [5.74, 6) is -1.72. The van der Waals surface area contributed by atoms with Gasteiger partial charge in [0.2, 0.25) is 15.9 Å². The Labute approximate surface area is 113 Å². The minimum Gasteiger partial charge on any atom is -0.480 e. The van der Waals surface area contributed by atoms with E-state index in [0.29, 0.717) is 19.4 Å². The molecule has 0 aromatic rings. The van der Waals surface area contributed by atoms with Gasteiger partial charge >= 0.3 is 5.97 Å². The zero-order chi connectivity index (χ0) is 14.8. The summed E-state index contributed by atoms with van der Waals surface area (Å²) in [6, 6.07) is -0.817. The molecular formula is C11H20N2O5S. The fraction of sp³-hybridized carbons (Fsp3) is 0.818. The maximum absolute atomic E-state index is 12.1. The number of hydrogen-bond acceptors (Lipinski definition) is 4. The van der Waals surface area contributed by atoms with Gasteiger partial charge in [0.25, 0.3) is 0 Å². The SMILES string of the molecule is CC(C)(NC(=O)C1CCCCN1S(C)(=O)=O)C(=O)O. The molecule has 1 aliphatic rings. The summed E-state index contributed by atoms with van der Waals surface area (Å²) in [5, 5.41) is 11.4. The fourth-order valence-corrected chi connectivity index (χ4v) is 3.13. The molecule has 0 aromatic heterocycles. The van der Waals surface area contributed by atoms with Crippen molar-refractivity contribution in [1.82, 2.24) is 9.62 Å². The molecule has 8 heteroatoms. The molecular weight excluding hydrogens is 272 g/mol. The van der Waals surface area contributed by atoms with E-state index in [1.54, 1.807) is 0 Å². The van der Waals surface area contributed by atoms with Crippen molar-refractivity contribution in [3.05, 3.63) is 0 Å². The lowest BCUT2D eigenvalue weighted by molar-refractivity contribution is -0.146. The molecule has 1 amide bonds. The number of nitrogens with one attached hydrogen (secondary N) is 1. The predicted molar refractivity (Wildman–Crippen MR) is 69.0 cm³/mol. The summed E-state index contributed by atoms with van der Waals surface area (Å²) in [7, 11) is -3.47. The van der Waals surface area contributed by atoms with E-state index < -0.39 is 33.5 Å². The second kappa shape index (κ2) is 5.46. The van der Waals surface area contributed by atoms with E-state index in [1.165, 1.54) is 13.8 Å². The first-order valence-electron chi connectivity index (χ1n) is 6.08. The summed E-state index contributed by atoms with van der Waals surface area (Å²) >= 11 is 0. The molecule has 1 aliphatic heterocycles. The Hall–Kier alpha value is -1.15. The Kier molecular flexibility index (Phi) is 4.57. The van der Waals surface area contributed by atoms with Crippen molar-refractivity contribution in [1.29, 1.82) is 0 Å². The molecule has 1 unspecified atom stereocenters. The van der Waals surface area contributed by atoms with Gasteiger partial charge in [-0.1, -0.05) is 6.42 Å². The number of piperidine rings is 1. The first-order chi connectivity index (χ1) is 8.55. The Morgan fingerprint density at radius 3 is 2.37 bits per heavy atom. The van der Waals surface area contributed by atoms with Crippen LogP contribution in [-0.2, 0) is 19.6 Å². The molecule has 7 nitrogen and oxygen atoms in total. The molecule has 0 aromatic carbocycles. The van der Waals surface area contributed by atoms with E-state index >= 15 is 0 Å². The smallest absolute Gasteiger partial charge is 0.328 e. The van der Waals surface area contributed by atoms with Crippen LogP contribution in [0.25, 0.3) is 0 Å². The highest BCUT2D eigenvalue weighted by atomic mass is 32.2. The van der Waals surface area contributed by atoms with Crippen LogP contribution in [-0.4, -0.2) is 54.1 Å². The number of rotatable bonds is 4. The number of aliphatic carboxylic acids is 1. The van der Waals surface area contributed by atoms with Gasteiger partial charge in [0.15, 0.2) is 0 Å². The second-order valence-corrected chi connectivity index (χ2v) is 7.24. The predicted octanol–water partition coefficient (Wildman–Crippen LogP) is -0.220. The third-order valence-electron chi connectivity index (χ3n) is 3.15. The number of carboxylic acid groups (broad SMARTS) is 1. The molecule has 2 N–H and O–H groups in total. The Morgan fingerprint density at radius 1 is 1.32 bits per heavy atom. The van der Waals surface area contributed by atoms with Crippen molar-refractivity contribution in [3.8, 4) is 0 Å². The zero-order valence-electron chi connectivity index (χ0n) is 11.3. The monoisotopic (exact) mass is 292 g/mol. The summed E-state index contributed by atoms with van der Waals surface area (Å²) in [5.41, 5.74) is -1.42. The Bertz CT molecular complexity index is 471. The Balaban J connectivity index is 2.88. The van der Waals surface area contributed by atoms with Crippen LogP contribution in [0, 0.1) is 0 Å². The Morgan fingerprint density at radius 2 is 1.89 bits per heavy atom. The van der Waals surface area contributed by atoms with Crippen LogP contribution in [0.1, 0.15) is 33.1 Å². The van der Waals surface area contributed by atoms with Crippen LogP contribution in [0.2, 0.25) is 0 Å².